The van der Waals surface area contributed by atoms with Crippen molar-refractivity contribution in [1.29, 1.82) is 0 Å². The van der Waals surface area contributed by atoms with E-state index < -0.39 is 0 Å². The van der Waals surface area contributed by atoms with Gasteiger partial charge < -0.3 is 5.11 Å². The SMILES string of the molecule is Oc1c(C2=NCCCCC2)c2ccccc2n1-c1cccc(Cl)c1. The van der Waals surface area contributed by atoms with Crippen LogP contribution in [0.5, 0.6) is 5.88 Å². The molecule has 122 valence electrons. The maximum atomic E-state index is 11.0. The zero-order chi connectivity index (χ0) is 16.5. The van der Waals surface area contributed by atoms with Gasteiger partial charge in [0, 0.05) is 22.7 Å². The van der Waals surface area contributed by atoms with Crippen molar-refractivity contribution in [2.75, 3.05) is 6.54 Å². The van der Waals surface area contributed by atoms with Gasteiger partial charge in [-0.2, -0.15) is 0 Å². The summed E-state index contributed by atoms with van der Waals surface area (Å²) in [5.74, 6) is 0.249. The van der Waals surface area contributed by atoms with Gasteiger partial charge in [-0.15, -0.1) is 0 Å². The van der Waals surface area contributed by atoms with Crippen molar-refractivity contribution in [3.63, 3.8) is 0 Å². The molecule has 0 spiro atoms. The summed E-state index contributed by atoms with van der Waals surface area (Å²) in [5.41, 5.74) is 3.71. The summed E-state index contributed by atoms with van der Waals surface area (Å²) in [7, 11) is 0. The van der Waals surface area contributed by atoms with E-state index in [0.717, 1.165) is 53.7 Å². The molecular formula is C20H19ClN2O. The van der Waals surface area contributed by atoms with E-state index in [0.29, 0.717) is 5.02 Å². The molecular weight excluding hydrogens is 320 g/mol. The number of fused-ring (bicyclic) bond motifs is 1. The van der Waals surface area contributed by atoms with Crippen molar-refractivity contribution in [2.45, 2.75) is 25.7 Å². The fourth-order valence-corrected chi connectivity index (χ4v) is 3.65. The maximum absolute atomic E-state index is 11.0. The second-order valence-corrected chi connectivity index (χ2v) is 6.61. The Hall–Kier alpha value is -2.26. The van der Waals surface area contributed by atoms with E-state index in [4.69, 9.17) is 16.6 Å². The number of hydrogen-bond acceptors (Lipinski definition) is 2. The van der Waals surface area contributed by atoms with E-state index >= 15 is 0 Å². The first-order chi connectivity index (χ1) is 11.8. The van der Waals surface area contributed by atoms with Crippen molar-refractivity contribution in [3.05, 3.63) is 59.1 Å². The molecule has 1 N–H and O–H groups in total. The highest BCUT2D eigenvalue weighted by Crippen LogP contribution is 2.36. The molecule has 0 bridgehead atoms. The predicted octanol–water partition coefficient (Wildman–Crippen LogP) is 5.35. The molecule has 0 amide bonds. The van der Waals surface area contributed by atoms with Gasteiger partial charge in [0.2, 0.25) is 5.88 Å². The molecule has 4 heteroatoms. The minimum atomic E-state index is 0.249. The summed E-state index contributed by atoms with van der Waals surface area (Å²) in [6, 6.07) is 15.6. The predicted molar refractivity (Wildman–Crippen MR) is 99.8 cm³/mol. The van der Waals surface area contributed by atoms with E-state index in [1.54, 1.807) is 0 Å². The summed E-state index contributed by atoms with van der Waals surface area (Å²) in [6.45, 7) is 0.839. The third kappa shape index (κ3) is 2.59. The highest BCUT2D eigenvalue weighted by Gasteiger charge is 2.22. The van der Waals surface area contributed by atoms with Crippen LogP contribution < -0.4 is 0 Å². The largest absolute Gasteiger partial charge is 0.494 e. The zero-order valence-electron chi connectivity index (χ0n) is 13.4. The standard InChI is InChI=1S/C20H19ClN2O/c21-14-7-6-8-15(13-14)23-18-11-4-3-9-16(18)19(20(23)24)17-10-2-1-5-12-22-17/h3-4,6-9,11,13,24H,1-2,5,10,12H2. The lowest BCUT2D eigenvalue weighted by molar-refractivity contribution is 0.444. The Balaban J connectivity index is 1.99. The Kier molecular flexibility index (Phi) is 4.03. The average molecular weight is 339 g/mol. The second kappa shape index (κ2) is 6.33. The van der Waals surface area contributed by atoms with Gasteiger partial charge in [-0.1, -0.05) is 42.3 Å². The van der Waals surface area contributed by atoms with E-state index in [9.17, 15) is 5.11 Å². The van der Waals surface area contributed by atoms with Crippen LogP contribution >= 0.6 is 11.6 Å². The molecule has 3 nitrogen and oxygen atoms in total. The van der Waals surface area contributed by atoms with Crippen LogP contribution in [-0.2, 0) is 0 Å². The fourth-order valence-electron chi connectivity index (χ4n) is 3.47. The van der Waals surface area contributed by atoms with Crippen LogP contribution in [0, 0.1) is 0 Å². The number of para-hydroxylation sites is 1. The molecule has 2 heterocycles. The smallest absolute Gasteiger partial charge is 0.206 e. The quantitative estimate of drug-likeness (QED) is 0.671. The molecule has 1 aromatic heterocycles. The van der Waals surface area contributed by atoms with Gasteiger partial charge >= 0.3 is 0 Å². The monoisotopic (exact) mass is 338 g/mol. The Morgan fingerprint density at radius 3 is 2.75 bits per heavy atom. The number of rotatable bonds is 2. The summed E-state index contributed by atoms with van der Waals surface area (Å²) < 4.78 is 1.87. The van der Waals surface area contributed by atoms with Crippen LogP contribution in [0.25, 0.3) is 16.6 Å². The lowest BCUT2D eigenvalue weighted by Gasteiger charge is -2.08. The molecule has 1 aliphatic heterocycles. The number of aliphatic imine (C=N–C) groups is 1. The molecule has 0 saturated carbocycles. The van der Waals surface area contributed by atoms with Gasteiger partial charge in [-0.05, 0) is 43.5 Å². The van der Waals surface area contributed by atoms with Crippen LogP contribution in [0.4, 0.5) is 0 Å². The first kappa shape index (κ1) is 15.3. The van der Waals surface area contributed by atoms with Gasteiger partial charge in [-0.25, -0.2) is 0 Å². The Morgan fingerprint density at radius 1 is 1.00 bits per heavy atom. The molecule has 0 unspecified atom stereocenters. The third-order valence-electron chi connectivity index (χ3n) is 4.58. The molecule has 0 saturated heterocycles. The minimum absolute atomic E-state index is 0.249. The van der Waals surface area contributed by atoms with Gasteiger partial charge in [0.1, 0.15) is 0 Å². The van der Waals surface area contributed by atoms with Crippen molar-refractivity contribution in [2.24, 2.45) is 4.99 Å². The van der Waals surface area contributed by atoms with E-state index in [1.807, 2.05) is 47.0 Å². The van der Waals surface area contributed by atoms with Crippen LogP contribution in [0.2, 0.25) is 5.02 Å². The molecule has 3 aromatic rings. The fraction of sp³-hybridized carbons (Fsp3) is 0.250. The lowest BCUT2D eigenvalue weighted by atomic mass is 10.0. The number of halogens is 1. The minimum Gasteiger partial charge on any atom is -0.494 e. The molecule has 0 aliphatic carbocycles. The van der Waals surface area contributed by atoms with Crippen molar-refractivity contribution >= 4 is 28.2 Å². The van der Waals surface area contributed by atoms with Crippen LogP contribution in [0.15, 0.2) is 53.5 Å². The van der Waals surface area contributed by atoms with Crippen LogP contribution in [-0.4, -0.2) is 21.9 Å². The Morgan fingerprint density at radius 2 is 1.88 bits per heavy atom. The van der Waals surface area contributed by atoms with Crippen molar-refractivity contribution < 1.29 is 5.11 Å². The van der Waals surface area contributed by atoms with Gasteiger partial charge in [0.05, 0.1) is 16.8 Å². The summed E-state index contributed by atoms with van der Waals surface area (Å²) in [4.78, 5) is 4.75. The van der Waals surface area contributed by atoms with Crippen molar-refractivity contribution in [1.82, 2.24) is 4.57 Å². The first-order valence-electron chi connectivity index (χ1n) is 8.38. The molecule has 24 heavy (non-hydrogen) atoms. The average Bonchev–Trinajstić information content (AvgIpc) is 2.74. The van der Waals surface area contributed by atoms with Crippen LogP contribution in [0.1, 0.15) is 31.2 Å². The first-order valence-corrected chi connectivity index (χ1v) is 8.75. The number of hydrogen-bond donors (Lipinski definition) is 1. The Labute approximate surface area is 146 Å². The second-order valence-electron chi connectivity index (χ2n) is 6.17. The topological polar surface area (TPSA) is 37.5 Å². The Bertz CT molecular complexity index is 927. The molecule has 2 aromatic carbocycles. The summed E-state index contributed by atoms with van der Waals surface area (Å²) >= 11 is 6.16. The van der Waals surface area contributed by atoms with Gasteiger partial charge in [-0.3, -0.25) is 9.56 Å². The number of benzene rings is 2. The highest BCUT2D eigenvalue weighted by molar-refractivity contribution is 6.30. The van der Waals surface area contributed by atoms with E-state index in [-0.39, 0.29) is 5.88 Å². The van der Waals surface area contributed by atoms with Crippen molar-refractivity contribution in [3.8, 4) is 11.6 Å². The number of nitrogens with zero attached hydrogens (tertiary/aromatic N) is 2. The number of aromatic hydroxyl groups is 1. The molecule has 1 aliphatic rings. The zero-order valence-corrected chi connectivity index (χ0v) is 14.1. The normalized spacial score (nSPS) is 15.3. The van der Waals surface area contributed by atoms with Gasteiger partial charge in [0.25, 0.3) is 0 Å². The lowest BCUT2D eigenvalue weighted by Crippen LogP contribution is -2.01. The van der Waals surface area contributed by atoms with Gasteiger partial charge in [0.15, 0.2) is 0 Å². The summed E-state index contributed by atoms with van der Waals surface area (Å²) in [5, 5.41) is 12.7. The van der Waals surface area contributed by atoms with E-state index in [1.165, 1.54) is 6.42 Å². The third-order valence-corrected chi connectivity index (χ3v) is 4.81. The maximum Gasteiger partial charge on any atom is 0.206 e. The molecule has 0 fully saturated rings. The molecule has 0 radical (unpaired) electrons. The van der Waals surface area contributed by atoms with Crippen LogP contribution in [0.3, 0.4) is 0 Å². The summed E-state index contributed by atoms with van der Waals surface area (Å²) in [6.07, 6.45) is 4.35. The highest BCUT2D eigenvalue weighted by atomic mass is 35.5. The van der Waals surface area contributed by atoms with E-state index in [2.05, 4.69) is 6.07 Å². The molecule has 4 rings (SSSR count). The number of aromatic nitrogens is 1. The molecule has 0 atom stereocenters.